The van der Waals surface area contributed by atoms with Crippen LogP contribution in [-0.4, -0.2) is 169 Å². The lowest BCUT2D eigenvalue weighted by atomic mass is 9.91. The maximum atomic E-state index is 13.9. The Kier molecular flexibility index (Phi) is 39.2. The summed E-state index contributed by atoms with van der Waals surface area (Å²) in [6.07, 6.45) is -0.759. The number of hydrogen-bond donors (Lipinski definition) is 7. The number of Topliss-reactive ketones (excluding diaryl/α,β-unsaturated/α-hetero) is 4. The molecule has 492 valence electrons. The van der Waals surface area contributed by atoms with Crippen molar-refractivity contribution in [1.82, 2.24) is 37.2 Å². The van der Waals surface area contributed by atoms with Crippen LogP contribution < -0.4 is 37.2 Å². The number of hydrogen-bond acceptors (Lipinski definition) is 18. The number of amides is 7. The van der Waals surface area contributed by atoms with Gasteiger partial charge in [0.25, 0.3) is 0 Å². The van der Waals surface area contributed by atoms with E-state index in [0.717, 1.165) is 11.1 Å². The van der Waals surface area contributed by atoms with Crippen LogP contribution >= 0.6 is 0 Å². The summed E-state index contributed by atoms with van der Waals surface area (Å²) in [5, 5.41) is 18.6. The van der Waals surface area contributed by atoms with E-state index in [4.69, 9.17) is 28.6 Å². The number of nitrogens with one attached hydrogen (secondary N) is 7. The normalized spacial score (nSPS) is 12.6. The second-order valence-corrected chi connectivity index (χ2v) is 23.0. The molecule has 0 aliphatic heterocycles. The van der Waals surface area contributed by atoms with Crippen molar-refractivity contribution in [3.63, 3.8) is 0 Å². The maximum Gasteiger partial charge on any atom is 0.407 e. The molecule has 0 spiro atoms. The second-order valence-electron chi connectivity index (χ2n) is 23.0. The van der Waals surface area contributed by atoms with Gasteiger partial charge in [0.15, 0.2) is 23.1 Å². The van der Waals surface area contributed by atoms with Crippen molar-refractivity contribution in [2.45, 2.75) is 150 Å². The fourth-order valence-corrected chi connectivity index (χ4v) is 8.63. The largest absolute Gasteiger partial charge is 0.447 e. The third-order valence-electron chi connectivity index (χ3n) is 12.9. The topological polar surface area (TPSA) is 337 Å². The Morgan fingerprint density at radius 3 is 1.25 bits per heavy atom. The third-order valence-corrected chi connectivity index (χ3v) is 12.9. The lowest BCUT2D eigenvalue weighted by molar-refractivity contribution is -0.272. The minimum Gasteiger partial charge on any atom is -0.447 e. The van der Waals surface area contributed by atoms with Gasteiger partial charge in [-0.25, -0.2) is 24.2 Å². The Balaban J connectivity index is 1.77. The number of benzene rings is 2. The minimum absolute atomic E-state index is 0.00726. The molecule has 4 unspecified atom stereocenters. The van der Waals surface area contributed by atoms with Gasteiger partial charge >= 0.3 is 18.3 Å². The van der Waals surface area contributed by atoms with Crippen LogP contribution in [0, 0.1) is 23.7 Å². The van der Waals surface area contributed by atoms with Crippen LogP contribution in [-0.2, 0) is 84.7 Å². The fourth-order valence-electron chi connectivity index (χ4n) is 8.63. The summed E-state index contributed by atoms with van der Waals surface area (Å²) >= 11 is 0. The third kappa shape index (κ3) is 38.7. The van der Waals surface area contributed by atoms with Crippen LogP contribution in [0.25, 0.3) is 0 Å². The number of carbonyl (C=O) groups excluding carboxylic acids is 11. The minimum atomic E-state index is -0.926. The zero-order valence-electron chi connectivity index (χ0n) is 52.8. The molecule has 2 aromatic carbocycles. The van der Waals surface area contributed by atoms with E-state index in [-0.39, 0.29) is 126 Å². The average Bonchev–Trinajstić information content (AvgIpc) is 3.61. The predicted octanol–water partition coefficient (Wildman–Crippen LogP) is 5.37. The van der Waals surface area contributed by atoms with Crippen molar-refractivity contribution in [2.24, 2.45) is 23.7 Å². The molecular formula is C63H97N7O18. The first-order chi connectivity index (χ1) is 41.9. The van der Waals surface area contributed by atoms with E-state index in [1.165, 1.54) is 7.11 Å². The summed E-state index contributed by atoms with van der Waals surface area (Å²) in [5.41, 5.74) is 0.971. The summed E-state index contributed by atoms with van der Waals surface area (Å²) < 4.78 is 26.4. The van der Waals surface area contributed by atoms with Gasteiger partial charge in [-0.05, 0) is 88.7 Å². The molecule has 0 saturated heterocycles. The Bertz CT molecular complexity index is 2440. The molecule has 7 N–H and O–H groups in total. The zero-order chi connectivity index (χ0) is 65.1. The van der Waals surface area contributed by atoms with Crippen molar-refractivity contribution in [1.29, 1.82) is 0 Å². The van der Waals surface area contributed by atoms with Gasteiger partial charge in [-0.1, -0.05) is 88.4 Å². The van der Waals surface area contributed by atoms with Crippen molar-refractivity contribution >= 4 is 65.0 Å². The van der Waals surface area contributed by atoms with Gasteiger partial charge in [0, 0.05) is 83.2 Å². The lowest BCUT2D eigenvalue weighted by Gasteiger charge is -2.23. The Labute approximate surface area is 517 Å². The molecule has 0 aliphatic rings. The second kappa shape index (κ2) is 45.0. The monoisotopic (exact) mass is 1240 g/mol. The Morgan fingerprint density at radius 2 is 0.864 bits per heavy atom. The SMILES string of the molecule is COOCCCNC(=O)CCC(=O)C(CC(C)C)NC(=O)C(CC(=O)CNC(=O)OCCOCCCNC(=O)CCC(=O)C(CC(C)C)NC(=O)C(CC(=O)CNC(=O)OCCOCCCNC(=O)OC(C)(C)C)Cc1ccccc1)Cc1ccccc1. The smallest absolute Gasteiger partial charge is 0.407 e. The molecule has 0 aromatic heterocycles. The molecule has 88 heavy (non-hydrogen) atoms. The van der Waals surface area contributed by atoms with E-state index in [0.29, 0.717) is 58.4 Å². The molecule has 0 aliphatic carbocycles. The summed E-state index contributed by atoms with van der Waals surface area (Å²) in [6, 6.07) is 16.3. The summed E-state index contributed by atoms with van der Waals surface area (Å²) in [5.74, 6) is -5.00. The van der Waals surface area contributed by atoms with Crippen LogP contribution in [0.1, 0.15) is 130 Å². The van der Waals surface area contributed by atoms with Crippen molar-refractivity contribution in [3.05, 3.63) is 71.8 Å². The summed E-state index contributed by atoms with van der Waals surface area (Å²) in [7, 11) is 1.39. The van der Waals surface area contributed by atoms with Gasteiger partial charge in [-0.3, -0.25) is 38.4 Å². The standard InChI is InChI=1S/C63H97N7O18/c1-44(2)36-52(69-58(77)48(38-46-18-11-9-12-19-46)40-51(72)43-68-61(80)86-35-33-84-30-16-28-66-62(81)88-63(5,6)7)54(73)22-24-56(75)64-26-15-29-83-32-34-85-60(79)67-42-50(71)41-49(39-47-20-13-10-14-21-47)59(78)70-53(37-45(3)4)55(74)23-25-57(76)65-27-17-31-87-82-8/h9-14,18-21,44-45,48-49,52-53H,15-17,22-43H2,1-8H3,(H,64,75)(H,65,76)(H,66,81)(H,67,79)(H,68,80)(H,69,77)(H,70,78). The van der Waals surface area contributed by atoms with Crippen molar-refractivity contribution in [2.75, 3.05) is 86.1 Å². The van der Waals surface area contributed by atoms with Gasteiger partial charge in [-0.15, -0.1) is 0 Å². The van der Waals surface area contributed by atoms with Crippen LogP contribution in [0.4, 0.5) is 14.4 Å². The molecule has 2 aromatic rings. The molecular weight excluding hydrogens is 1140 g/mol. The van der Waals surface area contributed by atoms with Gasteiger partial charge in [-0.2, -0.15) is 0 Å². The highest BCUT2D eigenvalue weighted by molar-refractivity contribution is 5.95. The average molecular weight is 1240 g/mol. The molecule has 0 heterocycles. The highest BCUT2D eigenvalue weighted by Gasteiger charge is 2.31. The van der Waals surface area contributed by atoms with E-state index in [2.05, 4.69) is 42.1 Å². The molecule has 0 fully saturated rings. The van der Waals surface area contributed by atoms with E-state index < -0.39 is 84.3 Å². The molecule has 0 bridgehead atoms. The highest BCUT2D eigenvalue weighted by atomic mass is 17.2. The number of carbonyl (C=O) groups is 11. The molecule has 25 nitrogen and oxygen atoms in total. The van der Waals surface area contributed by atoms with Gasteiger partial charge < -0.3 is 60.9 Å². The number of alkyl carbamates (subject to hydrolysis) is 3. The van der Waals surface area contributed by atoms with Crippen LogP contribution in [0.3, 0.4) is 0 Å². The van der Waals surface area contributed by atoms with Crippen LogP contribution in [0.2, 0.25) is 0 Å². The van der Waals surface area contributed by atoms with Crippen LogP contribution in [0.5, 0.6) is 0 Å². The van der Waals surface area contributed by atoms with E-state index in [1.54, 1.807) is 32.9 Å². The molecule has 0 saturated carbocycles. The molecule has 25 heteroatoms. The molecule has 2 rings (SSSR count). The Hall–Kier alpha value is -7.35. The zero-order valence-corrected chi connectivity index (χ0v) is 52.8. The highest BCUT2D eigenvalue weighted by Crippen LogP contribution is 2.19. The van der Waals surface area contributed by atoms with Gasteiger partial charge in [0.05, 0.1) is 52.1 Å². The maximum absolute atomic E-state index is 13.9. The van der Waals surface area contributed by atoms with Crippen molar-refractivity contribution < 1.29 is 86.2 Å². The molecule has 7 amide bonds. The first kappa shape index (κ1) is 76.7. The number of rotatable bonds is 47. The van der Waals surface area contributed by atoms with E-state index in [9.17, 15) is 52.7 Å². The first-order valence-electron chi connectivity index (χ1n) is 30.3. The van der Waals surface area contributed by atoms with Crippen molar-refractivity contribution in [3.8, 4) is 0 Å². The number of ether oxygens (including phenoxy) is 5. The summed E-state index contributed by atoms with van der Waals surface area (Å²) in [4.78, 5) is 152. The van der Waals surface area contributed by atoms with E-state index in [1.807, 2.05) is 76.2 Å². The number of ketones is 4. The predicted molar refractivity (Wildman–Crippen MR) is 325 cm³/mol. The summed E-state index contributed by atoms with van der Waals surface area (Å²) in [6.45, 7) is 13.6. The fraction of sp³-hybridized carbons (Fsp3) is 0.635. The van der Waals surface area contributed by atoms with E-state index >= 15 is 0 Å². The lowest BCUT2D eigenvalue weighted by Crippen LogP contribution is -2.46. The first-order valence-corrected chi connectivity index (χ1v) is 30.3. The molecule has 4 atom stereocenters. The van der Waals surface area contributed by atoms with Crippen LogP contribution in [0.15, 0.2) is 60.7 Å². The van der Waals surface area contributed by atoms with Gasteiger partial charge in [0.1, 0.15) is 18.8 Å². The Morgan fingerprint density at radius 1 is 0.466 bits per heavy atom. The molecule has 0 radical (unpaired) electrons. The van der Waals surface area contributed by atoms with Gasteiger partial charge in [0.2, 0.25) is 23.6 Å². The quantitative estimate of drug-likeness (QED) is 0.0189.